The minimum absolute atomic E-state index is 0.00599. The van der Waals surface area contributed by atoms with E-state index in [0.29, 0.717) is 25.8 Å². The van der Waals surface area contributed by atoms with Gasteiger partial charge in [-0.2, -0.15) is 0 Å². The molecule has 6 nitrogen and oxygen atoms in total. The summed E-state index contributed by atoms with van der Waals surface area (Å²) in [5.74, 6) is -0.361. The number of phenols is 1. The molecule has 160 valence electrons. The number of carbonyl (C=O) groups is 2. The molecule has 1 heterocycles. The van der Waals surface area contributed by atoms with Crippen molar-refractivity contribution < 1.29 is 24.9 Å². The molecule has 29 heavy (non-hydrogen) atoms. The van der Waals surface area contributed by atoms with Crippen molar-refractivity contribution in [1.29, 1.82) is 0 Å². The number of aliphatic carboxylic acids is 1. The lowest BCUT2D eigenvalue weighted by Crippen LogP contribution is -2.43. The van der Waals surface area contributed by atoms with Gasteiger partial charge in [-0.15, -0.1) is 0 Å². The monoisotopic (exact) mass is 403 g/mol. The Morgan fingerprint density at radius 3 is 2.76 bits per heavy atom. The Hall–Kier alpha value is -2.34. The number of nitrogens with zero attached hydrogens (tertiary/aromatic N) is 1. The second-order valence-electron chi connectivity index (χ2n) is 7.88. The SMILES string of the molecule is Cc1cc(C[C@H](O)/C=C/[C@H]2CCCC(=O)N2CCCCCCC(=O)O)ccc1O. The van der Waals surface area contributed by atoms with Crippen molar-refractivity contribution in [2.24, 2.45) is 0 Å². The molecule has 1 saturated heterocycles. The Morgan fingerprint density at radius 2 is 2.03 bits per heavy atom. The first-order chi connectivity index (χ1) is 13.9. The summed E-state index contributed by atoms with van der Waals surface area (Å²) in [7, 11) is 0. The molecule has 0 aliphatic carbocycles. The molecule has 6 heteroatoms. The van der Waals surface area contributed by atoms with E-state index in [1.54, 1.807) is 18.2 Å². The summed E-state index contributed by atoms with van der Waals surface area (Å²) in [5.41, 5.74) is 1.74. The Balaban J connectivity index is 1.84. The van der Waals surface area contributed by atoms with Crippen molar-refractivity contribution >= 4 is 11.9 Å². The number of aliphatic hydroxyl groups excluding tert-OH is 1. The minimum Gasteiger partial charge on any atom is -0.508 e. The Bertz CT molecular complexity index is 715. The summed E-state index contributed by atoms with van der Waals surface area (Å²) < 4.78 is 0. The highest BCUT2D eigenvalue weighted by molar-refractivity contribution is 5.77. The zero-order chi connectivity index (χ0) is 21.2. The van der Waals surface area contributed by atoms with E-state index in [-0.39, 0.29) is 24.1 Å². The van der Waals surface area contributed by atoms with Gasteiger partial charge < -0.3 is 20.2 Å². The first kappa shape index (κ1) is 22.9. The van der Waals surface area contributed by atoms with Gasteiger partial charge in [-0.1, -0.05) is 37.1 Å². The number of carbonyl (C=O) groups excluding carboxylic acids is 1. The number of carboxylic acid groups (broad SMARTS) is 1. The van der Waals surface area contributed by atoms with Gasteiger partial charge in [0.2, 0.25) is 5.91 Å². The average molecular weight is 404 g/mol. The van der Waals surface area contributed by atoms with Gasteiger partial charge >= 0.3 is 5.97 Å². The molecule has 1 aromatic carbocycles. The number of hydrogen-bond acceptors (Lipinski definition) is 4. The number of amides is 1. The fourth-order valence-corrected chi connectivity index (χ4v) is 3.76. The van der Waals surface area contributed by atoms with E-state index in [4.69, 9.17) is 5.11 Å². The van der Waals surface area contributed by atoms with Crippen molar-refractivity contribution in [3.05, 3.63) is 41.5 Å². The fourth-order valence-electron chi connectivity index (χ4n) is 3.76. The quantitative estimate of drug-likeness (QED) is 0.388. The van der Waals surface area contributed by atoms with Crippen LogP contribution in [0.15, 0.2) is 30.4 Å². The van der Waals surface area contributed by atoms with E-state index >= 15 is 0 Å². The fraction of sp³-hybridized carbons (Fsp3) is 0.565. The number of carboxylic acids is 1. The van der Waals surface area contributed by atoms with Crippen molar-refractivity contribution in [2.45, 2.75) is 76.9 Å². The number of aryl methyl sites for hydroxylation is 1. The standard InChI is InChI=1S/C23H33NO5/c1-17-15-18(10-13-21(17)26)16-20(25)12-11-19-7-6-8-22(27)24(19)14-5-3-2-4-9-23(28)29/h10-13,15,19-20,25-26H,2-9,14,16H2,1H3,(H,28,29)/b12-11+/t19-,20-/m1/s1. The number of piperidine rings is 1. The zero-order valence-electron chi connectivity index (χ0n) is 17.2. The molecule has 2 rings (SSSR count). The Morgan fingerprint density at radius 1 is 1.28 bits per heavy atom. The van der Waals surface area contributed by atoms with Gasteiger partial charge in [0.25, 0.3) is 0 Å². The van der Waals surface area contributed by atoms with Gasteiger partial charge in [0.05, 0.1) is 12.1 Å². The van der Waals surface area contributed by atoms with Crippen LogP contribution in [0, 0.1) is 6.92 Å². The number of hydrogen-bond donors (Lipinski definition) is 3. The van der Waals surface area contributed by atoms with E-state index in [9.17, 15) is 19.8 Å². The van der Waals surface area contributed by atoms with Crippen molar-refractivity contribution in [3.63, 3.8) is 0 Å². The highest BCUT2D eigenvalue weighted by Gasteiger charge is 2.25. The van der Waals surface area contributed by atoms with E-state index in [1.807, 2.05) is 24.0 Å². The molecular weight excluding hydrogens is 370 g/mol. The van der Waals surface area contributed by atoms with Crippen molar-refractivity contribution in [2.75, 3.05) is 6.54 Å². The van der Waals surface area contributed by atoms with Crippen molar-refractivity contribution in [1.82, 2.24) is 4.90 Å². The maximum absolute atomic E-state index is 12.3. The van der Waals surface area contributed by atoms with E-state index < -0.39 is 12.1 Å². The van der Waals surface area contributed by atoms with Gasteiger partial charge in [-0.05, 0) is 49.8 Å². The summed E-state index contributed by atoms with van der Waals surface area (Å²) in [4.78, 5) is 24.8. The second kappa shape index (κ2) is 11.6. The van der Waals surface area contributed by atoms with Gasteiger partial charge in [0.1, 0.15) is 5.75 Å². The predicted octanol–water partition coefficient (Wildman–Crippen LogP) is 3.58. The average Bonchev–Trinajstić information content (AvgIpc) is 2.67. The molecule has 0 aromatic heterocycles. The lowest BCUT2D eigenvalue weighted by molar-refractivity contribution is -0.137. The third-order valence-electron chi connectivity index (χ3n) is 5.41. The number of phenolic OH excluding ortho intramolecular Hbond substituents is 1. The molecule has 1 amide bonds. The largest absolute Gasteiger partial charge is 0.508 e. The molecule has 0 saturated carbocycles. The number of aromatic hydroxyl groups is 1. The van der Waals surface area contributed by atoms with Crippen LogP contribution in [0.4, 0.5) is 0 Å². The number of likely N-dealkylation sites (tertiary alicyclic amines) is 1. The summed E-state index contributed by atoms with van der Waals surface area (Å²) in [6, 6.07) is 5.32. The minimum atomic E-state index is -0.762. The molecule has 0 bridgehead atoms. The lowest BCUT2D eigenvalue weighted by Gasteiger charge is -2.34. The summed E-state index contributed by atoms with van der Waals surface area (Å²) >= 11 is 0. The first-order valence-electron chi connectivity index (χ1n) is 10.5. The maximum Gasteiger partial charge on any atom is 0.303 e. The van der Waals surface area contributed by atoms with Crippen LogP contribution in [0.3, 0.4) is 0 Å². The van der Waals surface area contributed by atoms with Gasteiger partial charge in [0, 0.05) is 25.8 Å². The van der Waals surface area contributed by atoms with Crippen molar-refractivity contribution in [3.8, 4) is 5.75 Å². The third-order valence-corrected chi connectivity index (χ3v) is 5.41. The molecule has 1 aliphatic rings. The summed E-state index contributed by atoms with van der Waals surface area (Å²) in [6.45, 7) is 2.50. The molecule has 0 spiro atoms. The van der Waals surface area contributed by atoms with Crippen LogP contribution in [0.2, 0.25) is 0 Å². The second-order valence-corrected chi connectivity index (χ2v) is 7.88. The highest BCUT2D eigenvalue weighted by atomic mass is 16.4. The molecular formula is C23H33NO5. The smallest absolute Gasteiger partial charge is 0.303 e. The van der Waals surface area contributed by atoms with Crippen LogP contribution < -0.4 is 0 Å². The van der Waals surface area contributed by atoms with Crippen LogP contribution in [-0.2, 0) is 16.0 Å². The topological polar surface area (TPSA) is 98.1 Å². The molecule has 1 aromatic rings. The Labute approximate surface area is 172 Å². The lowest BCUT2D eigenvalue weighted by atomic mass is 9.98. The zero-order valence-corrected chi connectivity index (χ0v) is 17.2. The van der Waals surface area contributed by atoms with Crippen LogP contribution in [-0.4, -0.2) is 50.8 Å². The highest BCUT2D eigenvalue weighted by Crippen LogP contribution is 2.22. The summed E-state index contributed by atoms with van der Waals surface area (Å²) in [5, 5.41) is 28.6. The number of benzene rings is 1. The van der Waals surface area contributed by atoms with Crippen LogP contribution in [0.5, 0.6) is 5.75 Å². The van der Waals surface area contributed by atoms with E-state index in [2.05, 4.69) is 0 Å². The van der Waals surface area contributed by atoms with Gasteiger partial charge in [0.15, 0.2) is 0 Å². The van der Waals surface area contributed by atoms with Crippen LogP contribution in [0.1, 0.15) is 62.5 Å². The van der Waals surface area contributed by atoms with E-state index in [1.165, 1.54) is 0 Å². The molecule has 3 N–H and O–H groups in total. The maximum atomic E-state index is 12.3. The normalized spacial score (nSPS) is 18.3. The Kier molecular flexibility index (Phi) is 9.19. The van der Waals surface area contributed by atoms with Crippen LogP contribution >= 0.6 is 0 Å². The number of rotatable bonds is 11. The summed E-state index contributed by atoms with van der Waals surface area (Å²) in [6.07, 6.45) is 9.37. The first-order valence-corrected chi connectivity index (χ1v) is 10.5. The van der Waals surface area contributed by atoms with Gasteiger partial charge in [-0.3, -0.25) is 9.59 Å². The third kappa shape index (κ3) is 7.89. The van der Waals surface area contributed by atoms with Gasteiger partial charge in [-0.25, -0.2) is 0 Å². The molecule has 0 radical (unpaired) electrons. The van der Waals surface area contributed by atoms with E-state index in [0.717, 1.165) is 43.2 Å². The molecule has 1 aliphatic heterocycles. The molecule has 2 atom stereocenters. The number of unbranched alkanes of at least 4 members (excludes halogenated alkanes) is 3. The van der Waals surface area contributed by atoms with Crippen LogP contribution in [0.25, 0.3) is 0 Å². The predicted molar refractivity (Wildman–Crippen MR) is 112 cm³/mol. The number of aliphatic hydroxyl groups is 1. The molecule has 0 unspecified atom stereocenters. The molecule has 1 fully saturated rings.